The molecule has 0 saturated heterocycles. The second kappa shape index (κ2) is 9.95. The van der Waals surface area contributed by atoms with Gasteiger partial charge in [0.05, 0.1) is 0 Å². The first kappa shape index (κ1) is 8.83. The zero-order chi connectivity index (χ0) is 2.71. The molecule has 0 aliphatic carbocycles. The highest BCUT2D eigenvalue weighted by molar-refractivity contribution is 7.97. The molecule has 0 aromatic rings. The molecular weight excluding hydrogens is 66.9 g/mol. The van der Waals surface area contributed by atoms with Crippen LogP contribution >= 0.6 is 11.8 Å². The minimum Gasteiger partial charge on any atom is -0.169 e. The maximum absolute atomic E-state index is 2.04. The molecule has 0 bridgehead atoms. The second-order valence-electron chi connectivity index (χ2n) is 0.408. The Balaban J connectivity index is -0.000000000952. The highest BCUT2D eigenvalue weighted by Crippen LogP contribution is 1.70. The summed E-state index contributed by atoms with van der Waals surface area (Å²) in [5.74, 6) is 0. The quantitative estimate of drug-likeness (QED) is 0.406. The Kier molecular flexibility index (Phi) is 22.0. The van der Waals surface area contributed by atoms with Gasteiger partial charge in [0.2, 0.25) is 0 Å². The van der Waals surface area contributed by atoms with E-state index in [1.165, 1.54) is 0 Å². The normalized spacial score (nSPS) is 4.50. The highest BCUT2D eigenvalue weighted by atomic mass is 32.2. The molecule has 0 N–H and O–H groups in total. The van der Waals surface area contributed by atoms with E-state index in [0.717, 1.165) is 0 Å². The summed E-state index contributed by atoms with van der Waals surface area (Å²) in [6.45, 7) is 0. The van der Waals surface area contributed by atoms with Gasteiger partial charge in [0.15, 0.2) is 0 Å². The first-order chi connectivity index (χ1) is 1.41. The molecule has 4 heavy (non-hydrogen) atoms. The van der Waals surface area contributed by atoms with Gasteiger partial charge in [-0.2, -0.15) is 11.8 Å². The lowest BCUT2D eigenvalue weighted by Gasteiger charge is -1.51. The standard InChI is InChI=1S/C2H6S.B.6H2/c1-3-2;;;;;;;/h1-2H3;;6*1H. The van der Waals surface area contributed by atoms with Crippen LogP contribution in [-0.4, -0.2) is 20.9 Å². The van der Waals surface area contributed by atoms with Crippen LogP contribution in [0.2, 0.25) is 0 Å². The molecule has 0 saturated carbocycles. The van der Waals surface area contributed by atoms with E-state index in [1.54, 1.807) is 11.8 Å². The molecule has 0 nitrogen and oxygen atoms in total. The van der Waals surface area contributed by atoms with E-state index >= 15 is 0 Å². The highest BCUT2D eigenvalue weighted by Gasteiger charge is 1.32. The average Bonchev–Trinajstić information content (AvgIpc) is 0.918. The molecule has 0 heterocycles. The summed E-state index contributed by atoms with van der Waals surface area (Å²) in [4.78, 5) is 0. The Morgan fingerprint density at radius 3 is 1.50 bits per heavy atom. The Bertz CT molecular complexity index is 15.7. The molecule has 0 aliphatic rings. The molecule has 0 rings (SSSR count). The molecule has 0 unspecified atom stereocenters. The summed E-state index contributed by atoms with van der Waals surface area (Å²) in [7, 11) is 0. The van der Waals surface area contributed by atoms with Crippen LogP contribution in [-0.2, 0) is 0 Å². The van der Waals surface area contributed by atoms with Gasteiger partial charge < -0.3 is 0 Å². The van der Waals surface area contributed by atoms with Crippen molar-refractivity contribution in [1.29, 1.82) is 0 Å². The van der Waals surface area contributed by atoms with Gasteiger partial charge in [0, 0.05) is 17.0 Å². The predicted molar refractivity (Wildman–Crippen MR) is 37.9 cm³/mol. The lowest BCUT2D eigenvalue weighted by Crippen LogP contribution is -1.25. The predicted octanol–water partition coefficient (Wildman–Crippen LogP) is 2.07. The fraction of sp³-hybridized carbons (Fsp3) is 1.00. The van der Waals surface area contributed by atoms with Gasteiger partial charge >= 0.3 is 0 Å². The van der Waals surface area contributed by atoms with Crippen LogP contribution in [0.4, 0.5) is 0 Å². The van der Waals surface area contributed by atoms with Crippen molar-refractivity contribution >= 4 is 20.2 Å². The van der Waals surface area contributed by atoms with Crippen LogP contribution < -0.4 is 0 Å². The Labute approximate surface area is 42.5 Å². The van der Waals surface area contributed by atoms with Crippen molar-refractivity contribution in [2.45, 2.75) is 0 Å². The smallest absolute Gasteiger partial charge is 0 e. The van der Waals surface area contributed by atoms with Crippen LogP contribution in [0.15, 0.2) is 0 Å². The maximum atomic E-state index is 2.04. The number of rotatable bonds is 0. The third-order valence-electron chi connectivity index (χ3n) is 0. The Morgan fingerprint density at radius 1 is 1.50 bits per heavy atom. The van der Waals surface area contributed by atoms with E-state index in [-0.39, 0.29) is 17.0 Å². The SMILES string of the molecule is CSC.[B].[HH].[HH].[HH].[HH].[HH].[HH]. The van der Waals surface area contributed by atoms with Crippen molar-refractivity contribution in [3.05, 3.63) is 0 Å². The van der Waals surface area contributed by atoms with Crippen LogP contribution in [0.25, 0.3) is 0 Å². The van der Waals surface area contributed by atoms with Gasteiger partial charge in [0.1, 0.15) is 0 Å². The van der Waals surface area contributed by atoms with Crippen molar-refractivity contribution < 1.29 is 8.56 Å². The van der Waals surface area contributed by atoms with E-state index < -0.39 is 0 Å². The van der Waals surface area contributed by atoms with E-state index in [4.69, 9.17) is 0 Å². The minimum atomic E-state index is 0. The van der Waals surface area contributed by atoms with Crippen LogP contribution in [0.3, 0.4) is 0 Å². The summed E-state index contributed by atoms with van der Waals surface area (Å²) in [6.07, 6.45) is 4.08. The average molecular weight is 85.0 g/mol. The van der Waals surface area contributed by atoms with Crippen molar-refractivity contribution in [2.75, 3.05) is 12.5 Å². The van der Waals surface area contributed by atoms with Crippen LogP contribution in [0, 0.1) is 0 Å². The maximum Gasteiger partial charge on any atom is 0 e. The van der Waals surface area contributed by atoms with Crippen molar-refractivity contribution in [1.82, 2.24) is 0 Å². The van der Waals surface area contributed by atoms with Gasteiger partial charge in [-0.3, -0.25) is 0 Å². The lowest BCUT2D eigenvalue weighted by atomic mass is 10.8. The monoisotopic (exact) mass is 85.1 g/mol. The molecule has 0 aromatic heterocycles. The number of thioether (sulfide) groups is 1. The van der Waals surface area contributed by atoms with Gasteiger partial charge in [-0.05, 0) is 12.5 Å². The fourth-order valence-electron chi connectivity index (χ4n) is 0. The summed E-state index contributed by atoms with van der Waals surface area (Å²) in [5.41, 5.74) is 0. The molecule has 0 atom stereocenters. The summed E-state index contributed by atoms with van der Waals surface area (Å²) in [6, 6.07) is 0. The van der Waals surface area contributed by atoms with Crippen molar-refractivity contribution in [3.63, 3.8) is 0 Å². The van der Waals surface area contributed by atoms with Gasteiger partial charge in [-0.1, -0.05) is 0 Å². The third kappa shape index (κ3) is 28.1. The third-order valence-corrected chi connectivity index (χ3v) is 0. The molecule has 2 heteroatoms. The van der Waals surface area contributed by atoms with Crippen LogP contribution in [0.1, 0.15) is 8.56 Å². The molecule has 0 aromatic carbocycles. The molecular formula is C2H18BS. The van der Waals surface area contributed by atoms with E-state index in [2.05, 4.69) is 0 Å². The second-order valence-corrected chi connectivity index (χ2v) is 1.22. The number of hydrogen-bond acceptors (Lipinski definition) is 1. The molecule has 0 spiro atoms. The Morgan fingerprint density at radius 2 is 1.50 bits per heavy atom. The first-order valence-electron chi connectivity index (χ1n) is 0.816. The summed E-state index contributed by atoms with van der Waals surface area (Å²) < 4.78 is 0. The minimum absolute atomic E-state index is 0. The zero-order valence-electron chi connectivity index (χ0n) is 2.99. The van der Waals surface area contributed by atoms with Gasteiger partial charge in [-0.15, -0.1) is 0 Å². The molecule has 0 amide bonds. The van der Waals surface area contributed by atoms with Gasteiger partial charge in [0.25, 0.3) is 0 Å². The van der Waals surface area contributed by atoms with Crippen LogP contribution in [0.5, 0.6) is 0 Å². The van der Waals surface area contributed by atoms with Crippen molar-refractivity contribution in [3.8, 4) is 0 Å². The fourth-order valence-corrected chi connectivity index (χ4v) is 0. The molecule has 35 valence electrons. The molecule has 3 radical (unpaired) electrons. The lowest BCUT2D eigenvalue weighted by molar-refractivity contribution is 2.37. The molecule has 0 aliphatic heterocycles. The Hall–Kier alpha value is 0.415. The topological polar surface area (TPSA) is 0 Å². The van der Waals surface area contributed by atoms with Crippen molar-refractivity contribution in [2.24, 2.45) is 0 Å². The van der Waals surface area contributed by atoms with E-state index in [9.17, 15) is 0 Å². The molecule has 0 fully saturated rings. The van der Waals surface area contributed by atoms with Gasteiger partial charge in [-0.25, -0.2) is 0 Å². The van der Waals surface area contributed by atoms with E-state index in [1.807, 2.05) is 12.5 Å². The summed E-state index contributed by atoms with van der Waals surface area (Å²) >= 11 is 1.75. The number of hydrogen-bond donors (Lipinski definition) is 0. The summed E-state index contributed by atoms with van der Waals surface area (Å²) in [5, 5.41) is 0. The zero-order valence-corrected chi connectivity index (χ0v) is 3.80. The van der Waals surface area contributed by atoms with E-state index in [0.29, 0.717) is 0 Å². The first-order valence-corrected chi connectivity index (χ1v) is 2.45. The largest absolute Gasteiger partial charge is 0.169 e.